The molecule has 1 aromatic heterocycles. The maximum Gasteiger partial charge on any atom is 0.265 e. The first kappa shape index (κ1) is 13.7. The average Bonchev–Trinajstić information content (AvgIpc) is 2.79. The number of nitrogens with two attached hydrogens (primary N) is 1. The number of aryl methyl sites for hydroxylation is 1. The maximum absolute atomic E-state index is 13.1. The van der Waals surface area contributed by atoms with Crippen LogP contribution in [0.2, 0.25) is 0 Å². The van der Waals surface area contributed by atoms with Crippen LogP contribution in [0.4, 0.5) is 15.2 Å². The zero-order chi connectivity index (χ0) is 14.0. The van der Waals surface area contributed by atoms with E-state index in [9.17, 15) is 12.8 Å². The molecular weight excluding hydrogens is 291 g/mol. The Bertz CT molecular complexity index is 699. The zero-order valence-corrected chi connectivity index (χ0v) is 11.6. The number of anilines is 2. The maximum atomic E-state index is 13.1. The molecule has 0 radical (unpaired) electrons. The van der Waals surface area contributed by atoms with Gasteiger partial charge in [-0.15, -0.1) is 10.2 Å². The minimum absolute atomic E-state index is 0.0332. The Morgan fingerprint density at radius 1 is 1.42 bits per heavy atom. The third kappa shape index (κ3) is 2.99. The van der Waals surface area contributed by atoms with Gasteiger partial charge >= 0.3 is 0 Å². The number of hydrogen-bond donors (Lipinski definition) is 2. The van der Waals surface area contributed by atoms with E-state index in [4.69, 9.17) is 5.73 Å². The fraction of sp³-hybridized carbons (Fsp3) is 0.200. The smallest absolute Gasteiger partial charge is 0.265 e. The van der Waals surface area contributed by atoms with Crippen molar-refractivity contribution in [3.63, 3.8) is 0 Å². The van der Waals surface area contributed by atoms with Gasteiger partial charge in [0.2, 0.25) is 5.13 Å². The van der Waals surface area contributed by atoms with Crippen molar-refractivity contribution in [2.45, 2.75) is 18.2 Å². The highest BCUT2D eigenvalue weighted by atomic mass is 32.2. The number of halogens is 1. The first-order chi connectivity index (χ1) is 8.92. The van der Waals surface area contributed by atoms with E-state index in [0.29, 0.717) is 11.4 Å². The van der Waals surface area contributed by atoms with Crippen LogP contribution in [0.1, 0.15) is 11.9 Å². The first-order valence-electron chi connectivity index (χ1n) is 5.32. The van der Waals surface area contributed by atoms with Crippen molar-refractivity contribution in [3.05, 3.63) is 29.0 Å². The number of hydrogen-bond acceptors (Lipinski definition) is 6. The summed E-state index contributed by atoms with van der Waals surface area (Å²) in [5, 5.41) is 8.31. The van der Waals surface area contributed by atoms with Crippen molar-refractivity contribution in [1.29, 1.82) is 0 Å². The molecule has 0 aliphatic carbocycles. The molecule has 1 heterocycles. The molecule has 6 nitrogen and oxygen atoms in total. The fourth-order valence-electron chi connectivity index (χ4n) is 1.35. The van der Waals surface area contributed by atoms with Crippen LogP contribution in [-0.4, -0.2) is 18.6 Å². The van der Waals surface area contributed by atoms with Crippen molar-refractivity contribution >= 4 is 32.2 Å². The predicted molar refractivity (Wildman–Crippen MR) is 70.9 cm³/mol. The summed E-state index contributed by atoms with van der Waals surface area (Å²) in [5.41, 5.74) is 5.51. The molecular formula is C10H11FN4O2S2. The highest BCUT2D eigenvalue weighted by Gasteiger charge is 2.20. The van der Waals surface area contributed by atoms with Crippen LogP contribution in [0.15, 0.2) is 23.1 Å². The minimum Gasteiger partial charge on any atom is -0.398 e. The molecule has 0 fully saturated rings. The fourth-order valence-corrected chi connectivity index (χ4v) is 3.40. The number of nitrogen functional groups attached to an aromatic ring is 1. The van der Waals surface area contributed by atoms with Crippen LogP contribution in [-0.2, 0) is 16.4 Å². The summed E-state index contributed by atoms with van der Waals surface area (Å²) >= 11 is 1.12. The molecule has 0 saturated carbocycles. The third-order valence-electron chi connectivity index (χ3n) is 2.26. The van der Waals surface area contributed by atoms with Gasteiger partial charge in [0.1, 0.15) is 15.7 Å². The Kier molecular flexibility index (Phi) is 3.67. The highest BCUT2D eigenvalue weighted by Crippen LogP contribution is 2.24. The van der Waals surface area contributed by atoms with Gasteiger partial charge in [0, 0.05) is 0 Å². The Hall–Kier alpha value is -1.74. The van der Waals surface area contributed by atoms with E-state index < -0.39 is 15.8 Å². The summed E-state index contributed by atoms with van der Waals surface area (Å²) in [5.74, 6) is -0.680. The van der Waals surface area contributed by atoms with E-state index in [1.807, 2.05) is 6.92 Å². The number of aromatic nitrogens is 2. The normalized spacial score (nSPS) is 11.5. The van der Waals surface area contributed by atoms with Crippen molar-refractivity contribution < 1.29 is 12.8 Å². The van der Waals surface area contributed by atoms with E-state index >= 15 is 0 Å². The van der Waals surface area contributed by atoms with E-state index in [1.54, 1.807) is 0 Å². The van der Waals surface area contributed by atoms with Crippen LogP contribution in [0.25, 0.3) is 0 Å². The van der Waals surface area contributed by atoms with Gasteiger partial charge in [0.25, 0.3) is 10.0 Å². The predicted octanol–water partition coefficient (Wildman–Crippen LogP) is 1.62. The molecule has 0 aliphatic heterocycles. The van der Waals surface area contributed by atoms with Crippen LogP contribution < -0.4 is 10.5 Å². The molecule has 9 heteroatoms. The monoisotopic (exact) mass is 302 g/mol. The van der Waals surface area contributed by atoms with Gasteiger partial charge in [-0.1, -0.05) is 18.3 Å². The van der Waals surface area contributed by atoms with E-state index in [1.165, 1.54) is 6.07 Å². The van der Waals surface area contributed by atoms with Gasteiger partial charge in [0.15, 0.2) is 0 Å². The van der Waals surface area contributed by atoms with Gasteiger partial charge in [-0.05, 0) is 24.6 Å². The molecule has 19 heavy (non-hydrogen) atoms. The quantitative estimate of drug-likeness (QED) is 0.836. The molecule has 3 N–H and O–H groups in total. The lowest BCUT2D eigenvalue weighted by atomic mass is 10.3. The standard InChI is InChI=1S/C10H11FN4O2S2/c1-2-9-13-14-10(18-9)15-19(16,17)8-5-6(11)3-4-7(8)12/h3-5H,2,12H2,1H3,(H,14,15). The van der Waals surface area contributed by atoms with Crippen LogP contribution in [0.3, 0.4) is 0 Å². The lowest BCUT2D eigenvalue weighted by molar-refractivity contribution is 0.596. The van der Waals surface area contributed by atoms with Crippen molar-refractivity contribution in [2.75, 3.05) is 10.5 Å². The lowest BCUT2D eigenvalue weighted by Crippen LogP contribution is -2.15. The minimum atomic E-state index is -3.97. The van der Waals surface area contributed by atoms with Crippen LogP contribution >= 0.6 is 11.3 Å². The molecule has 0 unspecified atom stereocenters. The molecule has 2 rings (SSSR count). The van der Waals surface area contributed by atoms with Crippen LogP contribution in [0.5, 0.6) is 0 Å². The average molecular weight is 302 g/mol. The summed E-state index contributed by atoms with van der Waals surface area (Å²) in [6.45, 7) is 1.88. The summed E-state index contributed by atoms with van der Waals surface area (Å²) in [7, 11) is -3.97. The molecule has 102 valence electrons. The molecule has 0 amide bonds. The number of benzene rings is 1. The third-order valence-corrected chi connectivity index (χ3v) is 4.76. The molecule has 0 bridgehead atoms. The Balaban J connectivity index is 2.34. The van der Waals surface area contributed by atoms with Gasteiger partial charge in [-0.3, -0.25) is 4.72 Å². The van der Waals surface area contributed by atoms with Crippen molar-refractivity contribution in [3.8, 4) is 0 Å². The van der Waals surface area contributed by atoms with Gasteiger partial charge in [-0.25, -0.2) is 12.8 Å². The SMILES string of the molecule is CCc1nnc(NS(=O)(=O)c2cc(F)ccc2N)s1. The second kappa shape index (κ2) is 5.10. The highest BCUT2D eigenvalue weighted by molar-refractivity contribution is 7.93. The number of nitrogens with zero attached hydrogens (tertiary/aromatic N) is 2. The Morgan fingerprint density at radius 3 is 2.79 bits per heavy atom. The molecule has 0 spiro atoms. The summed E-state index contributed by atoms with van der Waals surface area (Å²) < 4.78 is 39.4. The molecule has 0 aliphatic rings. The lowest BCUT2D eigenvalue weighted by Gasteiger charge is -2.07. The summed E-state index contributed by atoms with van der Waals surface area (Å²) in [4.78, 5) is -0.319. The molecule has 2 aromatic rings. The molecule has 1 aromatic carbocycles. The Morgan fingerprint density at radius 2 is 2.16 bits per heavy atom. The largest absolute Gasteiger partial charge is 0.398 e. The van der Waals surface area contributed by atoms with E-state index in [2.05, 4.69) is 14.9 Å². The second-order valence-electron chi connectivity index (χ2n) is 3.64. The summed E-state index contributed by atoms with van der Waals surface area (Å²) in [6.07, 6.45) is 0.654. The van der Waals surface area contributed by atoms with Crippen molar-refractivity contribution in [2.24, 2.45) is 0 Å². The van der Waals surface area contributed by atoms with Crippen LogP contribution in [0, 0.1) is 5.82 Å². The number of rotatable bonds is 4. The van der Waals surface area contributed by atoms with Gasteiger partial charge in [-0.2, -0.15) is 0 Å². The zero-order valence-electron chi connectivity index (χ0n) is 9.92. The van der Waals surface area contributed by atoms with E-state index in [-0.39, 0.29) is 15.7 Å². The first-order valence-corrected chi connectivity index (χ1v) is 7.62. The summed E-state index contributed by atoms with van der Waals surface area (Å²) in [6, 6.07) is 3.15. The van der Waals surface area contributed by atoms with Gasteiger partial charge in [0.05, 0.1) is 5.69 Å². The number of nitrogens with one attached hydrogen (secondary N) is 1. The van der Waals surface area contributed by atoms with Gasteiger partial charge < -0.3 is 5.73 Å². The Labute approximate surface area is 113 Å². The topological polar surface area (TPSA) is 98.0 Å². The molecule has 0 saturated heterocycles. The molecule has 0 atom stereocenters. The van der Waals surface area contributed by atoms with E-state index in [0.717, 1.165) is 23.5 Å². The van der Waals surface area contributed by atoms with Crippen molar-refractivity contribution in [1.82, 2.24) is 10.2 Å². The number of sulfonamides is 1. The second-order valence-corrected chi connectivity index (χ2v) is 6.36.